The van der Waals surface area contributed by atoms with Crippen molar-refractivity contribution in [3.05, 3.63) is 53.3 Å². The van der Waals surface area contributed by atoms with Gasteiger partial charge in [0.15, 0.2) is 0 Å². The molecule has 0 aromatic heterocycles. The zero-order valence-electron chi connectivity index (χ0n) is 11.1. The average Bonchev–Trinajstić information content (AvgIpc) is 2.38. The average molecular weight is 294 g/mol. The van der Waals surface area contributed by atoms with Crippen molar-refractivity contribution in [3.63, 3.8) is 0 Å². The van der Waals surface area contributed by atoms with Crippen LogP contribution in [0.3, 0.4) is 0 Å². The number of anilines is 2. The third-order valence-electron chi connectivity index (χ3n) is 3.13. The molecule has 0 bridgehead atoms. The Morgan fingerprint density at radius 3 is 2.50 bits per heavy atom. The first kappa shape index (κ1) is 14.3. The van der Waals surface area contributed by atoms with Gasteiger partial charge in [0.25, 0.3) is 10.0 Å². The van der Waals surface area contributed by atoms with Crippen LogP contribution in [0, 0.1) is 19.7 Å². The number of nitrogens with two attached hydrogens (primary N) is 1. The van der Waals surface area contributed by atoms with E-state index in [0.29, 0.717) is 5.69 Å². The summed E-state index contributed by atoms with van der Waals surface area (Å²) in [4.78, 5) is -0.162. The van der Waals surface area contributed by atoms with Gasteiger partial charge < -0.3 is 5.73 Å². The topological polar surface area (TPSA) is 72.2 Å². The highest BCUT2D eigenvalue weighted by Gasteiger charge is 2.17. The van der Waals surface area contributed by atoms with E-state index in [-0.39, 0.29) is 10.6 Å². The number of hydrogen-bond donors (Lipinski definition) is 2. The molecule has 2 rings (SSSR count). The molecule has 0 aliphatic carbocycles. The Kier molecular flexibility index (Phi) is 3.67. The van der Waals surface area contributed by atoms with E-state index in [1.165, 1.54) is 12.1 Å². The number of sulfonamides is 1. The van der Waals surface area contributed by atoms with Crippen LogP contribution >= 0.6 is 0 Å². The van der Waals surface area contributed by atoms with E-state index < -0.39 is 15.8 Å². The highest BCUT2D eigenvalue weighted by atomic mass is 32.2. The van der Waals surface area contributed by atoms with Gasteiger partial charge >= 0.3 is 0 Å². The summed E-state index contributed by atoms with van der Waals surface area (Å²) in [5, 5.41) is 0. The highest BCUT2D eigenvalue weighted by Crippen LogP contribution is 2.23. The van der Waals surface area contributed by atoms with Gasteiger partial charge in [0.2, 0.25) is 0 Å². The number of hydrogen-bond acceptors (Lipinski definition) is 3. The second-order valence-corrected chi connectivity index (χ2v) is 6.22. The van der Waals surface area contributed by atoms with Crippen molar-refractivity contribution in [2.24, 2.45) is 0 Å². The Balaban J connectivity index is 2.41. The fourth-order valence-corrected chi connectivity index (χ4v) is 2.87. The molecule has 0 fully saturated rings. The molecule has 0 radical (unpaired) electrons. The predicted molar refractivity (Wildman–Crippen MR) is 77.5 cm³/mol. The maximum Gasteiger partial charge on any atom is 0.262 e. The summed E-state index contributed by atoms with van der Waals surface area (Å²) < 4.78 is 40.2. The molecule has 0 saturated heterocycles. The summed E-state index contributed by atoms with van der Waals surface area (Å²) in [7, 11) is -3.84. The number of nitrogens with one attached hydrogen (secondary N) is 1. The summed E-state index contributed by atoms with van der Waals surface area (Å²) in [6.07, 6.45) is 0. The lowest BCUT2D eigenvalue weighted by Crippen LogP contribution is -2.14. The smallest absolute Gasteiger partial charge is 0.262 e. The Morgan fingerprint density at radius 2 is 1.85 bits per heavy atom. The van der Waals surface area contributed by atoms with Gasteiger partial charge in [0.1, 0.15) is 5.82 Å². The number of benzene rings is 2. The van der Waals surface area contributed by atoms with Gasteiger partial charge in [-0.05, 0) is 49.2 Å². The molecule has 0 atom stereocenters. The molecular weight excluding hydrogens is 279 g/mol. The van der Waals surface area contributed by atoms with E-state index in [1.807, 2.05) is 19.9 Å². The van der Waals surface area contributed by atoms with Crippen LogP contribution in [0.4, 0.5) is 15.8 Å². The minimum Gasteiger partial charge on any atom is -0.396 e. The van der Waals surface area contributed by atoms with E-state index in [1.54, 1.807) is 12.1 Å². The Hall–Kier alpha value is -2.08. The normalized spacial score (nSPS) is 11.3. The zero-order chi connectivity index (χ0) is 14.9. The fourth-order valence-electron chi connectivity index (χ4n) is 1.74. The number of rotatable bonds is 3. The minimum atomic E-state index is -3.84. The van der Waals surface area contributed by atoms with Gasteiger partial charge in [-0.25, -0.2) is 12.8 Å². The van der Waals surface area contributed by atoms with Crippen LogP contribution in [0.25, 0.3) is 0 Å². The first-order valence-corrected chi connectivity index (χ1v) is 7.43. The number of halogens is 1. The van der Waals surface area contributed by atoms with Crippen LogP contribution in [0.15, 0.2) is 41.3 Å². The van der Waals surface area contributed by atoms with Crippen molar-refractivity contribution in [1.29, 1.82) is 0 Å². The van der Waals surface area contributed by atoms with Gasteiger partial charge in [0.05, 0.1) is 16.3 Å². The Labute approximate surface area is 117 Å². The van der Waals surface area contributed by atoms with Crippen LogP contribution in [0.5, 0.6) is 0 Å². The maximum atomic E-state index is 13.4. The third-order valence-corrected chi connectivity index (χ3v) is 4.49. The lowest BCUT2D eigenvalue weighted by Gasteiger charge is -2.12. The van der Waals surface area contributed by atoms with E-state index >= 15 is 0 Å². The second-order valence-electron chi connectivity index (χ2n) is 4.54. The van der Waals surface area contributed by atoms with Gasteiger partial charge in [-0.2, -0.15) is 0 Å². The van der Waals surface area contributed by atoms with Crippen LogP contribution in [0.1, 0.15) is 11.1 Å². The van der Waals surface area contributed by atoms with Crippen LogP contribution in [-0.4, -0.2) is 8.42 Å². The molecule has 0 saturated carbocycles. The van der Waals surface area contributed by atoms with E-state index in [4.69, 9.17) is 5.73 Å². The third kappa shape index (κ3) is 2.75. The summed E-state index contributed by atoms with van der Waals surface area (Å²) in [5.74, 6) is -0.756. The lowest BCUT2D eigenvalue weighted by atomic mass is 10.1. The standard InChI is InChI=1S/C14H15FN2O2S/c1-9-4-3-5-14(10(9)2)17-20(18,19)11-6-7-13(16)12(15)8-11/h3-8,17H,16H2,1-2H3. The maximum absolute atomic E-state index is 13.4. The molecule has 106 valence electrons. The minimum absolute atomic E-state index is 0.0873. The van der Waals surface area contributed by atoms with Gasteiger partial charge in [0, 0.05) is 0 Å². The molecule has 3 N–H and O–H groups in total. The predicted octanol–water partition coefficient (Wildman–Crippen LogP) is 2.83. The van der Waals surface area contributed by atoms with E-state index in [0.717, 1.165) is 17.2 Å². The summed E-state index contributed by atoms with van der Waals surface area (Å²) in [6.45, 7) is 3.70. The molecule has 0 aliphatic rings. The van der Waals surface area contributed by atoms with Gasteiger partial charge in [-0.15, -0.1) is 0 Å². The second kappa shape index (κ2) is 5.13. The molecule has 0 heterocycles. The summed E-state index contributed by atoms with van der Waals surface area (Å²) in [6, 6.07) is 8.70. The first-order valence-electron chi connectivity index (χ1n) is 5.95. The van der Waals surface area contributed by atoms with Crippen LogP contribution in [-0.2, 0) is 10.0 Å². The molecular formula is C14H15FN2O2S. The van der Waals surface area contributed by atoms with Crippen LogP contribution < -0.4 is 10.5 Å². The van der Waals surface area contributed by atoms with Gasteiger partial charge in [-0.1, -0.05) is 12.1 Å². The molecule has 0 spiro atoms. The molecule has 20 heavy (non-hydrogen) atoms. The van der Waals surface area contributed by atoms with E-state index in [2.05, 4.69) is 4.72 Å². The van der Waals surface area contributed by atoms with Crippen molar-refractivity contribution in [3.8, 4) is 0 Å². The van der Waals surface area contributed by atoms with Crippen molar-refractivity contribution in [2.75, 3.05) is 10.5 Å². The van der Waals surface area contributed by atoms with Crippen molar-refractivity contribution >= 4 is 21.4 Å². The molecule has 0 unspecified atom stereocenters. The molecule has 0 aliphatic heterocycles. The van der Waals surface area contributed by atoms with Crippen LogP contribution in [0.2, 0.25) is 0 Å². The van der Waals surface area contributed by atoms with Crippen molar-refractivity contribution < 1.29 is 12.8 Å². The molecule has 4 nitrogen and oxygen atoms in total. The molecule has 2 aromatic carbocycles. The number of nitrogen functional groups attached to an aromatic ring is 1. The zero-order valence-corrected chi connectivity index (χ0v) is 12.0. The van der Waals surface area contributed by atoms with Crippen molar-refractivity contribution in [2.45, 2.75) is 18.7 Å². The highest BCUT2D eigenvalue weighted by molar-refractivity contribution is 7.92. The van der Waals surface area contributed by atoms with Gasteiger partial charge in [-0.3, -0.25) is 4.72 Å². The summed E-state index contributed by atoms with van der Waals surface area (Å²) >= 11 is 0. The largest absolute Gasteiger partial charge is 0.396 e. The molecule has 6 heteroatoms. The fraction of sp³-hybridized carbons (Fsp3) is 0.143. The monoisotopic (exact) mass is 294 g/mol. The molecule has 2 aromatic rings. The van der Waals surface area contributed by atoms with Crippen molar-refractivity contribution in [1.82, 2.24) is 0 Å². The molecule has 0 amide bonds. The number of aryl methyl sites for hydroxylation is 1. The van der Waals surface area contributed by atoms with E-state index in [9.17, 15) is 12.8 Å². The first-order chi connectivity index (χ1) is 9.31. The summed E-state index contributed by atoms with van der Waals surface area (Å²) in [5.41, 5.74) is 7.52. The lowest BCUT2D eigenvalue weighted by molar-refractivity contribution is 0.596. The Bertz CT molecular complexity index is 758. The SMILES string of the molecule is Cc1cccc(NS(=O)(=O)c2ccc(N)c(F)c2)c1C. The quantitative estimate of drug-likeness (QED) is 0.855. The Morgan fingerprint density at radius 1 is 1.15 bits per heavy atom.